The van der Waals surface area contributed by atoms with Crippen LogP contribution in [0.15, 0.2) is 82.0 Å². The van der Waals surface area contributed by atoms with E-state index in [2.05, 4.69) is 5.32 Å². The monoisotopic (exact) mass is 481 g/mol. The zero-order valence-electron chi connectivity index (χ0n) is 19.9. The number of amides is 1. The molecule has 1 N–H and O–H groups in total. The van der Waals surface area contributed by atoms with E-state index in [1.54, 1.807) is 55.0 Å². The Hall–Kier alpha value is -4.72. The maximum absolute atomic E-state index is 12.9. The fourth-order valence-corrected chi connectivity index (χ4v) is 3.82. The number of ether oxygens (including phenoxy) is 1. The zero-order valence-corrected chi connectivity index (χ0v) is 19.9. The highest BCUT2D eigenvalue weighted by Gasteiger charge is 2.22. The van der Waals surface area contributed by atoms with Crippen molar-refractivity contribution in [3.63, 3.8) is 0 Å². The molecule has 180 valence electrons. The number of carbonyl (C=O) groups excluding carboxylic acids is 2. The molecular formula is C28H23N3O5. The number of esters is 1. The molecule has 0 aliphatic carbocycles. The van der Waals surface area contributed by atoms with Gasteiger partial charge in [0.1, 0.15) is 11.4 Å². The van der Waals surface area contributed by atoms with Gasteiger partial charge in [0.25, 0.3) is 5.91 Å². The molecule has 5 rings (SSSR count). The molecule has 5 aromatic rings. The van der Waals surface area contributed by atoms with Gasteiger partial charge in [-0.25, -0.2) is 14.8 Å². The first-order valence-corrected chi connectivity index (χ1v) is 11.4. The molecule has 1 unspecified atom stereocenters. The van der Waals surface area contributed by atoms with Gasteiger partial charge in [-0.05, 0) is 74.9 Å². The molecule has 0 aliphatic heterocycles. The fraction of sp³-hybridized carbons (Fsp3) is 0.143. The topological polar surface area (TPSA) is 107 Å². The second-order valence-electron chi connectivity index (χ2n) is 8.43. The molecule has 2 aromatic carbocycles. The molecular weight excluding hydrogens is 458 g/mol. The van der Waals surface area contributed by atoms with Gasteiger partial charge in [0.15, 0.2) is 17.6 Å². The van der Waals surface area contributed by atoms with Gasteiger partial charge in [-0.2, -0.15) is 0 Å². The first-order chi connectivity index (χ1) is 17.4. The van der Waals surface area contributed by atoms with Crippen LogP contribution in [0.4, 0.5) is 5.69 Å². The number of carbonyl (C=O) groups is 2. The molecule has 0 fully saturated rings. The van der Waals surface area contributed by atoms with Crippen LogP contribution in [0.2, 0.25) is 0 Å². The van der Waals surface area contributed by atoms with Crippen molar-refractivity contribution >= 4 is 28.6 Å². The molecule has 0 saturated heterocycles. The van der Waals surface area contributed by atoms with E-state index in [4.69, 9.17) is 23.5 Å². The number of nitrogens with zero attached hydrogens (tertiary/aromatic N) is 2. The molecule has 36 heavy (non-hydrogen) atoms. The summed E-state index contributed by atoms with van der Waals surface area (Å²) in [6.45, 7) is 5.41. The number of furan rings is 2. The number of aromatic nitrogens is 2. The summed E-state index contributed by atoms with van der Waals surface area (Å²) in [5.41, 5.74) is 4.98. The summed E-state index contributed by atoms with van der Waals surface area (Å²) in [7, 11) is 0. The summed E-state index contributed by atoms with van der Waals surface area (Å²) < 4.78 is 16.5. The molecule has 1 amide bonds. The highest BCUT2D eigenvalue weighted by molar-refractivity contribution is 5.99. The van der Waals surface area contributed by atoms with E-state index in [0.717, 1.165) is 11.1 Å². The van der Waals surface area contributed by atoms with Crippen LogP contribution in [-0.2, 0) is 9.53 Å². The first kappa shape index (κ1) is 23.0. The lowest BCUT2D eigenvalue weighted by Crippen LogP contribution is -2.30. The second-order valence-corrected chi connectivity index (χ2v) is 8.43. The minimum atomic E-state index is -1.00. The van der Waals surface area contributed by atoms with E-state index in [1.807, 2.05) is 32.0 Å². The van der Waals surface area contributed by atoms with E-state index < -0.39 is 18.0 Å². The largest absolute Gasteiger partial charge is 0.463 e. The standard InChI is InChI=1S/C28H23N3O5/c1-16-8-10-20(17(2)14-16)31-27(32)18(3)36-28(33)19-9-11-21-22(15-19)30-26(24-7-5-13-35-24)25(29-21)23-6-4-12-34-23/h4-15,18H,1-3H3,(H,31,32). The highest BCUT2D eigenvalue weighted by Crippen LogP contribution is 2.31. The molecule has 0 aliphatic rings. The lowest BCUT2D eigenvalue weighted by Gasteiger charge is -2.15. The van der Waals surface area contributed by atoms with Gasteiger partial charge in [-0.1, -0.05) is 17.7 Å². The maximum Gasteiger partial charge on any atom is 0.338 e. The Morgan fingerprint density at radius 3 is 2.14 bits per heavy atom. The summed E-state index contributed by atoms with van der Waals surface area (Å²) in [4.78, 5) is 34.9. The number of aryl methyl sites for hydroxylation is 2. The van der Waals surface area contributed by atoms with Crippen LogP contribution in [0.3, 0.4) is 0 Å². The average Bonchev–Trinajstić information content (AvgIpc) is 3.59. The van der Waals surface area contributed by atoms with E-state index in [0.29, 0.717) is 39.6 Å². The fourth-order valence-electron chi connectivity index (χ4n) is 3.82. The van der Waals surface area contributed by atoms with Gasteiger partial charge in [-0.15, -0.1) is 0 Å². The Bertz CT molecular complexity index is 1560. The predicted octanol–water partition coefficient (Wildman–Crippen LogP) is 5.95. The smallest absolute Gasteiger partial charge is 0.338 e. The number of anilines is 1. The van der Waals surface area contributed by atoms with Crippen molar-refractivity contribution in [1.82, 2.24) is 9.97 Å². The van der Waals surface area contributed by atoms with Crippen molar-refractivity contribution < 1.29 is 23.2 Å². The SMILES string of the molecule is Cc1ccc(NC(=O)C(C)OC(=O)c2ccc3nc(-c4ccco4)c(-c4ccco4)nc3c2)c(C)c1. The van der Waals surface area contributed by atoms with Crippen LogP contribution >= 0.6 is 0 Å². The van der Waals surface area contributed by atoms with Crippen LogP contribution in [0.25, 0.3) is 33.9 Å². The van der Waals surface area contributed by atoms with Crippen molar-refractivity contribution in [3.05, 3.63) is 89.9 Å². The van der Waals surface area contributed by atoms with E-state index in [1.165, 1.54) is 6.92 Å². The van der Waals surface area contributed by atoms with Crippen LogP contribution in [0.1, 0.15) is 28.4 Å². The summed E-state index contributed by atoms with van der Waals surface area (Å²) in [6, 6.07) is 17.6. The molecule has 8 heteroatoms. The minimum absolute atomic E-state index is 0.249. The van der Waals surface area contributed by atoms with Gasteiger partial charge >= 0.3 is 5.97 Å². The molecule has 3 heterocycles. The molecule has 0 spiro atoms. The first-order valence-electron chi connectivity index (χ1n) is 11.4. The lowest BCUT2D eigenvalue weighted by molar-refractivity contribution is -0.123. The number of hydrogen-bond donors (Lipinski definition) is 1. The minimum Gasteiger partial charge on any atom is -0.463 e. The van der Waals surface area contributed by atoms with Crippen LogP contribution in [0, 0.1) is 13.8 Å². The van der Waals surface area contributed by atoms with Crippen molar-refractivity contribution in [1.29, 1.82) is 0 Å². The Balaban J connectivity index is 1.39. The van der Waals surface area contributed by atoms with Crippen molar-refractivity contribution in [3.8, 4) is 22.9 Å². The average molecular weight is 482 g/mol. The van der Waals surface area contributed by atoms with E-state index >= 15 is 0 Å². The lowest BCUT2D eigenvalue weighted by atomic mass is 10.1. The summed E-state index contributed by atoms with van der Waals surface area (Å²) >= 11 is 0. The quantitative estimate of drug-likeness (QED) is 0.299. The van der Waals surface area contributed by atoms with Crippen molar-refractivity contribution in [2.24, 2.45) is 0 Å². The highest BCUT2D eigenvalue weighted by atomic mass is 16.5. The zero-order chi connectivity index (χ0) is 25.2. The van der Waals surface area contributed by atoms with Crippen LogP contribution < -0.4 is 5.32 Å². The normalized spacial score (nSPS) is 11.9. The summed E-state index contributed by atoms with van der Waals surface area (Å²) in [5, 5.41) is 2.81. The molecule has 0 bridgehead atoms. The molecule has 1 atom stereocenters. The number of fused-ring (bicyclic) bond motifs is 1. The van der Waals surface area contributed by atoms with Gasteiger partial charge in [0.05, 0.1) is 29.1 Å². The van der Waals surface area contributed by atoms with Crippen LogP contribution in [0.5, 0.6) is 0 Å². The van der Waals surface area contributed by atoms with Gasteiger partial charge in [0.2, 0.25) is 0 Å². The number of nitrogens with one attached hydrogen (secondary N) is 1. The van der Waals surface area contributed by atoms with E-state index in [9.17, 15) is 9.59 Å². The maximum atomic E-state index is 12.9. The molecule has 0 saturated carbocycles. The van der Waals surface area contributed by atoms with Gasteiger partial charge in [0, 0.05) is 5.69 Å². The predicted molar refractivity (Wildman–Crippen MR) is 134 cm³/mol. The van der Waals surface area contributed by atoms with Crippen molar-refractivity contribution in [2.45, 2.75) is 26.9 Å². The number of rotatable bonds is 6. The van der Waals surface area contributed by atoms with Crippen LogP contribution in [-0.4, -0.2) is 27.9 Å². The third kappa shape index (κ3) is 4.61. The number of benzene rings is 2. The number of hydrogen-bond acceptors (Lipinski definition) is 7. The summed E-state index contributed by atoms with van der Waals surface area (Å²) in [5.74, 6) is -0.000809. The van der Waals surface area contributed by atoms with Gasteiger partial charge < -0.3 is 18.9 Å². The Morgan fingerprint density at radius 1 is 0.861 bits per heavy atom. The Labute approximate surface area is 206 Å². The third-order valence-electron chi connectivity index (χ3n) is 5.70. The Kier molecular flexibility index (Phi) is 6.08. The van der Waals surface area contributed by atoms with Crippen molar-refractivity contribution in [2.75, 3.05) is 5.32 Å². The molecule has 0 radical (unpaired) electrons. The second kappa shape index (κ2) is 9.50. The van der Waals surface area contributed by atoms with Gasteiger partial charge in [-0.3, -0.25) is 4.79 Å². The third-order valence-corrected chi connectivity index (χ3v) is 5.70. The Morgan fingerprint density at radius 2 is 1.53 bits per heavy atom. The van der Waals surface area contributed by atoms with E-state index in [-0.39, 0.29) is 5.56 Å². The summed E-state index contributed by atoms with van der Waals surface area (Å²) in [6.07, 6.45) is 2.11. The molecule has 8 nitrogen and oxygen atoms in total. The molecule has 3 aromatic heterocycles.